The number of aliphatic hydroxyl groups is 1. The molecular formula is C22H28NO3+. The fourth-order valence-electron chi connectivity index (χ4n) is 3.88. The number of hydrogen-bond donors (Lipinski definition) is 1. The van der Waals surface area contributed by atoms with Crippen LogP contribution in [-0.2, 0) is 15.1 Å². The number of ether oxygens (including phenoxy) is 1. The van der Waals surface area contributed by atoms with Gasteiger partial charge in [0.1, 0.15) is 0 Å². The Bertz CT molecular complexity index is 688. The first kappa shape index (κ1) is 18.6. The Morgan fingerprint density at radius 3 is 2.12 bits per heavy atom. The van der Waals surface area contributed by atoms with E-state index >= 15 is 0 Å². The molecule has 1 aliphatic rings. The number of piperidine rings is 1. The lowest BCUT2D eigenvalue weighted by atomic mass is 9.86. The lowest BCUT2D eigenvalue weighted by molar-refractivity contribution is -0.898. The van der Waals surface area contributed by atoms with Crippen molar-refractivity contribution >= 4 is 5.97 Å². The quantitative estimate of drug-likeness (QED) is 0.663. The van der Waals surface area contributed by atoms with Crippen LogP contribution in [0.4, 0.5) is 0 Å². The summed E-state index contributed by atoms with van der Waals surface area (Å²) in [5.74, 6) is -0.274. The van der Waals surface area contributed by atoms with Crippen molar-refractivity contribution in [3.63, 3.8) is 0 Å². The molecule has 2 aromatic rings. The van der Waals surface area contributed by atoms with Crippen LogP contribution in [0, 0.1) is 5.92 Å². The van der Waals surface area contributed by atoms with Gasteiger partial charge in [-0.3, -0.25) is 0 Å². The van der Waals surface area contributed by atoms with Gasteiger partial charge in [-0.25, -0.2) is 4.79 Å². The van der Waals surface area contributed by atoms with Gasteiger partial charge in [0.2, 0.25) is 5.60 Å². The molecule has 1 unspecified atom stereocenters. The highest BCUT2D eigenvalue weighted by Crippen LogP contribution is 2.31. The Balaban J connectivity index is 1.80. The van der Waals surface area contributed by atoms with Crippen LogP contribution < -0.4 is 0 Å². The fraction of sp³-hybridized carbons (Fsp3) is 0.409. The summed E-state index contributed by atoms with van der Waals surface area (Å²) in [7, 11) is 4.41. The molecule has 0 bridgehead atoms. The second-order valence-corrected chi connectivity index (χ2v) is 7.89. The number of carbonyl (C=O) groups excluding carboxylic acids is 1. The second kappa shape index (κ2) is 7.60. The Morgan fingerprint density at radius 2 is 1.62 bits per heavy atom. The van der Waals surface area contributed by atoms with Gasteiger partial charge in [0, 0.05) is 5.92 Å². The van der Waals surface area contributed by atoms with Gasteiger partial charge in [0.05, 0.1) is 33.8 Å². The Labute approximate surface area is 155 Å². The summed E-state index contributed by atoms with van der Waals surface area (Å²) in [5.41, 5.74) is -0.742. The Morgan fingerprint density at radius 1 is 1.08 bits per heavy atom. The first-order valence-electron chi connectivity index (χ1n) is 9.24. The van der Waals surface area contributed by atoms with E-state index in [9.17, 15) is 9.90 Å². The summed E-state index contributed by atoms with van der Waals surface area (Å²) in [5, 5.41) is 11.4. The van der Waals surface area contributed by atoms with E-state index in [-0.39, 0.29) is 0 Å². The molecule has 0 aromatic heterocycles. The summed E-state index contributed by atoms with van der Waals surface area (Å²) in [6, 6.07) is 18.0. The van der Waals surface area contributed by atoms with Crippen LogP contribution in [0.3, 0.4) is 0 Å². The number of rotatable bonds is 5. The van der Waals surface area contributed by atoms with E-state index in [1.807, 2.05) is 36.4 Å². The van der Waals surface area contributed by atoms with E-state index in [0.717, 1.165) is 30.4 Å². The third-order valence-corrected chi connectivity index (χ3v) is 5.26. The molecule has 0 radical (unpaired) electrons. The molecule has 3 rings (SSSR count). The molecule has 0 spiro atoms. The topological polar surface area (TPSA) is 46.5 Å². The monoisotopic (exact) mass is 354 g/mol. The van der Waals surface area contributed by atoms with Crippen molar-refractivity contribution < 1.29 is 19.1 Å². The lowest BCUT2D eigenvalue weighted by Gasteiger charge is -2.38. The predicted molar refractivity (Wildman–Crippen MR) is 101 cm³/mol. The van der Waals surface area contributed by atoms with E-state index in [4.69, 9.17) is 4.74 Å². The first-order valence-corrected chi connectivity index (χ1v) is 9.24. The third-order valence-electron chi connectivity index (χ3n) is 5.26. The zero-order valence-electron chi connectivity index (χ0n) is 15.6. The fourth-order valence-corrected chi connectivity index (χ4v) is 3.88. The van der Waals surface area contributed by atoms with Crippen LogP contribution in [0.1, 0.15) is 24.0 Å². The van der Waals surface area contributed by atoms with Crippen molar-refractivity contribution in [3.8, 4) is 0 Å². The minimum atomic E-state index is -1.79. The average molecular weight is 354 g/mol. The highest BCUT2D eigenvalue weighted by Gasteiger charge is 2.42. The molecule has 0 aliphatic carbocycles. The van der Waals surface area contributed by atoms with Gasteiger partial charge in [-0.15, -0.1) is 0 Å². The molecule has 1 fully saturated rings. The van der Waals surface area contributed by atoms with Crippen molar-refractivity contribution in [1.82, 2.24) is 0 Å². The van der Waals surface area contributed by atoms with Crippen molar-refractivity contribution in [1.29, 1.82) is 0 Å². The number of quaternary nitrogens is 1. The van der Waals surface area contributed by atoms with Crippen LogP contribution in [0.25, 0.3) is 0 Å². The van der Waals surface area contributed by atoms with Gasteiger partial charge in [-0.2, -0.15) is 0 Å². The highest BCUT2D eigenvalue weighted by atomic mass is 16.5. The summed E-state index contributed by atoms with van der Waals surface area (Å²) in [6.07, 6.45) is 2.20. The molecule has 1 atom stereocenters. The van der Waals surface area contributed by atoms with Crippen molar-refractivity contribution in [2.24, 2.45) is 5.92 Å². The van der Waals surface area contributed by atoms with Gasteiger partial charge >= 0.3 is 5.97 Å². The Kier molecular flexibility index (Phi) is 5.44. The van der Waals surface area contributed by atoms with Crippen molar-refractivity contribution in [2.75, 3.05) is 33.8 Å². The van der Waals surface area contributed by atoms with Crippen molar-refractivity contribution in [3.05, 3.63) is 71.8 Å². The number of hydrogen-bond acceptors (Lipinski definition) is 3. The van der Waals surface area contributed by atoms with E-state index in [2.05, 4.69) is 14.1 Å². The Hall–Kier alpha value is -2.17. The summed E-state index contributed by atoms with van der Waals surface area (Å²) >= 11 is 0. The number of nitrogens with zero attached hydrogens (tertiary/aromatic N) is 1. The number of esters is 1. The average Bonchev–Trinajstić information content (AvgIpc) is 2.66. The lowest BCUT2D eigenvalue weighted by Crippen LogP contribution is -2.49. The molecular weight excluding hydrogens is 326 g/mol. The normalized spacial score (nSPS) is 19.7. The van der Waals surface area contributed by atoms with E-state index in [1.165, 1.54) is 0 Å². The van der Waals surface area contributed by atoms with Crippen LogP contribution in [-0.4, -0.2) is 49.4 Å². The summed E-state index contributed by atoms with van der Waals surface area (Å²) in [4.78, 5) is 13.0. The van der Waals surface area contributed by atoms with Gasteiger partial charge in [0.15, 0.2) is 0 Å². The molecule has 1 N–H and O–H groups in total. The minimum Gasteiger partial charge on any atom is -0.462 e. The van der Waals surface area contributed by atoms with Crippen LogP contribution in [0.5, 0.6) is 0 Å². The molecule has 138 valence electrons. The van der Waals surface area contributed by atoms with E-state index in [0.29, 0.717) is 23.7 Å². The standard InChI is InChI=1S/C22H28NO3/c1-23(2)15-9-10-18(16-23)17-26-21(24)22(25,19-11-5-3-6-12-19)20-13-7-4-8-14-20/h3-8,11-14,18,25H,9-10,15-17H2,1-2H3/q+1. The SMILES string of the molecule is C[N+]1(C)CCCC(COC(=O)C(O)(c2ccccc2)c2ccccc2)C1. The molecule has 26 heavy (non-hydrogen) atoms. The predicted octanol–water partition coefficient (Wildman–Crippen LogP) is 2.95. The molecule has 1 aliphatic heterocycles. The van der Waals surface area contributed by atoms with E-state index in [1.54, 1.807) is 24.3 Å². The molecule has 2 aromatic carbocycles. The molecule has 0 saturated carbocycles. The van der Waals surface area contributed by atoms with Gasteiger partial charge in [0.25, 0.3) is 0 Å². The van der Waals surface area contributed by atoms with Gasteiger partial charge in [-0.05, 0) is 24.0 Å². The molecule has 4 heteroatoms. The maximum absolute atomic E-state index is 13.0. The molecule has 0 amide bonds. The second-order valence-electron chi connectivity index (χ2n) is 7.89. The zero-order chi connectivity index (χ0) is 18.6. The summed E-state index contributed by atoms with van der Waals surface area (Å²) < 4.78 is 6.60. The summed E-state index contributed by atoms with van der Waals surface area (Å²) in [6.45, 7) is 2.49. The molecule has 4 nitrogen and oxygen atoms in total. The largest absolute Gasteiger partial charge is 0.462 e. The van der Waals surface area contributed by atoms with Crippen LogP contribution in [0.15, 0.2) is 60.7 Å². The highest BCUT2D eigenvalue weighted by molar-refractivity contribution is 5.85. The minimum absolute atomic E-state index is 0.332. The number of benzene rings is 2. The zero-order valence-corrected chi connectivity index (χ0v) is 15.6. The third kappa shape index (κ3) is 3.97. The van der Waals surface area contributed by atoms with Crippen LogP contribution >= 0.6 is 0 Å². The molecule has 1 heterocycles. The number of likely N-dealkylation sites (tertiary alicyclic amines) is 1. The maximum atomic E-state index is 13.0. The maximum Gasteiger partial charge on any atom is 0.347 e. The van der Waals surface area contributed by atoms with E-state index < -0.39 is 11.6 Å². The number of carbonyl (C=O) groups is 1. The van der Waals surface area contributed by atoms with Gasteiger partial charge < -0.3 is 14.3 Å². The first-order chi connectivity index (χ1) is 12.4. The smallest absolute Gasteiger partial charge is 0.347 e. The van der Waals surface area contributed by atoms with Gasteiger partial charge in [-0.1, -0.05) is 60.7 Å². The van der Waals surface area contributed by atoms with Crippen LogP contribution in [0.2, 0.25) is 0 Å². The molecule has 1 saturated heterocycles. The van der Waals surface area contributed by atoms with Crippen molar-refractivity contribution in [2.45, 2.75) is 18.4 Å².